The predicted octanol–water partition coefficient (Wildman–Crippen LogP) is 2.38. The fourth-order valence-corrected chi connectivity index (χ4v) is 3.75. The molecule has 3 aliphatic rings. The zero-order valence-corrected chi connectivity index (χ0v) is 10.0. The zero-order chi connectivity index (χ0) is 11.4. The van der Waals surface area contributed by atoms with Crippen molar-refractivity contribution in [3.63, 3.8) is 0 Å². The minimum absolute atomic E-state index is 0.00564. The topological polar surface area (TPSA) is 64.9 Å². The molecule has 3 saturated carbocycles. The van der Waals surface area contributed by atoms with E-state index in [0.717, 1.165) is 23.6 Å². The maximum Gasteiger partial charge on any atom is 0.230 e. The number of aromatic nitrogens is 2. The van der Waals surface area contributed by atoms with Crippen LogP contribution < -0.4 is 5.73 Å². The summed E-state index contributed by atoms with van der Waals surface area (Å²) >= 11 is 0. The second-order valence-corrected chi connectivity index (χ2v) is 6.14. The van der Waals surface area contributed by atoms with E-state index in [9.17, 15) is 0 Å². The van der Waals surface area contributed by atoms with Crippen molar-refractivity contribution in [1.82, 2.24) is 10.1 Å². The van der Waals surface area contributed by atoms with Crippen LogP contribution in [0.2, 0.25) is 0 Å². The summed E-state index contributed by atoms with van der Waals surface area (Å²) in [5.74, 6) is 4.44. The summed E-state index contributed by atoms with van der Waals surface area (Å²) in [4.78, 5) is 4.57. The summed E-state index contributed by atoms with van der Waals surface area (Å²) in [5.41, 5.74) is 6.10. The van der Waals surface area contributed by atoms with Crippen LogP contribution in [-0.4, -0.2) is 10.1 Å². The van der Waals surface area contributed by atoms with Gasteiger partial charge in [-0.15, -0.1) is 0 Å². The third kappa shape index (κ3) is 1.61. The predicted molar refractivity (Wildman–Crippen MR) is 62.1 cm³/mol. The van der Waals surface area contributed by atoms with Gasteiger partial charge in [-0.3, -0.25) is 0 Å². The van der Waals surface area contributed by atoms with Gasteiger partial charge < -0.3 is 10.3 Å². The second kappa shape index (κ2) is 3.55. The van der Waals surface area contributed by atoms with Gasteiger partial charge in [-0.1, -0.05) is 11.6 Å². The van der Waals surface area contributed by atoms with Gasteiger partial charge in [0.1, 0.15) is 0 Å². The van der Waals surface area contributed by atoms with Gasteiger partial charge in [-0.2, -0.15) is 4.98 Å². The van der Waals surface area contributed by atoms with E-state index in [4.69, 9.17) is 10.3 Å². The fourth-order valence-electron chi connectivity index (χ4n) is 3.75. The Morgan fingerprint density at radius 1 is 1.18 bits per heavy atom. The molecular weight excluding hydrogens is 214 g/mol. The Kier molecular flexibility index (Phi) is 2.10. The molecule has 2 N–H and O–H groups in total. The smallest absolute Gasteiger partial charge is 0.230 e. The molecule has 2 bridgehead atoms. The highest BCUT2D eigenvalue weighted by molar-refractivity contribution is 5.07. The lowest BCUT2D eigenvalue weighted by molar-refractivity contribution is 0.299. The Balaban J connectivity index is 1.54. The number of nitrogens with zero attached hydrogens (tertiary/aromatic N) is 2. The van der Waals surface area contributed by atoms with E-state index in [1.54, 1.807) is 0 Å². The minimum atomic E-state index is 0.00564. The van der Waals surface area contributed by atoms with Crippen molar-refractivity contribution in [1.29, 1.82) is 0 Å². The van der Waals surface area contributed by atoms with Crippen LogP contribution in [0, 0.1) is 17.8 Å². The molecule has 3 aliphatic carbocycles. The van der Waals surface area contributed by atoms with Crippen LogP contribution in [0.4, 0.5) is 0 Å². The largest absolute Gasteiger partial charge is 0.339 e. The van der Waals surface area contributed by atoms with Crippen LogP contribution in [0.5, 0.6) is 0 Å². The molecule has 1 heterocycles. The maximum absolute atomic E-state index is 6.10. The van der Waals surface area contributed by atoms with Gasteiger partial charge in [-0.05, 0) is 49.9 Å². The molecule has 0 aromatic carbocycles. The number of hydrogen-bond donors (Lipinski definition) is 1. The van der Waals surface area contributed by atoms with E-state index in [2.05, 4.69) is 10.1 Å². The Morgan fingerprint density at radius 2 is 2.06 bits per heavy atom. The molecule has 1 aromatic heterocycles. The van der Waals surface area contributed by atoms with Gasteiger partial charge in [0.25, 0.3) is 0 Å². The molecule has 4 rings (SSSR count). The summed E-state index contributed by atoms with van der Waals surface area (Å²) < 4.78 is 5.46. The Morgan fingerprint density at radius 3 is 2.71 bits per heavy atom. The van der Waals surface area contributed by atoms with Crippen molar-refractivity contribution in [3.05, 3.63) is 11.7 Å². The molecule has 1 aromatic rings. The Bertz CT molecular complexity index is 426. The fraction of sp³-hybridized carbons (Fsp3) is 0.846. The van der Waals surface area contributed by atoms with Crippen LogP contribution in [0.15, 0.2) is 4.52 Å². The van der Waals surface area contributed by atoms with Gasteiger partial charge in [0.15, 0.2) is 5.82 Å². The van der Waals surface area contributed by atoms with Gasteiger partial charge in [0, 0.05) is 5.92 Å². The van der Waals surface area contributed by atoms with E-state index in [1.165, 1.54) is 38.5 Å². The third-order valence-corrected chi connectivity index (χ3v) is 4.94. The van der Waals surface area contributed by atoms with Crippen molar-refractivity contribution in [3.8, 4) is 0 Å². The van der Waals surface area contributed by atoms with Crippen LogP contribution in [0.25, 0.3) is 0 Å². The Hall–Kier alpha value is -0.900. The molecule has 17 heavy (non-hydrogen) atoms. The summed E-state index contributed by atoms with van der Waals surface area (Å²) in [7, 11) is 0. The molecule has 0 aliphatic heterocycles. The molecule has 4 nitrogen and oxygen atoms in total. The first-order valence-corrected chi connectivity index (χ1v) is 6.90. The number of hydrogen-bond acceptors (Lipinski definition) is 4. The zero-order valence-electron chi connectivity index (χ0n) is 10.0. The highest BCUT2D eigenvalue weighted by atomic mass is 16.5. The molecule has 4 unspecified atom stereocenters. The van der Waals surface area contributed by atoms with Crippen molar-refractivity contribution in [2.45, 2.75) is 50.5 Å². The number of fused-ring (bicyclic) bond motifs is 2. The van der Waals surface area contributed by atoms with E-state index in [0.29, 0.717) is 11.8 Å². The molecule has 92 valence electrons. The van der Waals surface area contributed by atoms with Crippen molar-refractivity contribution >= 4 is 0 Å². The first-order valence-electron chi connectivity index (χ1n) is 6.90. The van der Waals surface area contributed by atoms with E-state index >= 15 is 0 Å². The Labute approximate surface area is 101 Å². The quantitative estimate of drug-likeness (QED) is 0.870. The molecule has 4 heteroatoms. The normalized spacial score (nSPS) is 37.6. The molecule has 4 atom stereocenters. The van der Waals surface area contributed by atoms with Crippen LogP contribution in [-0.2, 0) is 0 Å². The van der Waals surface area contributed by atoms with Crippen LogP contribution in [0.3, 0.4) is 0 Å². The van der Waals surface area contributed by atoms with Crippen molar-refractivity contribution in [2.24, 2.45) is 23.5 Å². The summed E-state index contributed by atoms with van der Waals surface area (Å²) in [6, 6.07) is 0.00564. The van der Waals surface area contributed by atoms with E-state index < -0.39 is 0 Å². The molecule has 0 amide bonds. The van der Waals surface area contributed by atoms with E-state index in [1.807, 2.05) is 0 Å². The SMILES string of the molecule is NC(c1noc(C2CC3CCC2C3)n1)C1CC1. The maximum atomic E-state index is 6.10. The lowest BCUT2D eigenvalue weighted by atomic mass is 9.89. The molecule has 0 spiro atoms. The van der Waals surface area contributed by atoms with Gasteiger partial charge >= 0.3 is 0 Å². The molecule has 0 saturated heterocycles. The number of nitrogens with two attached hydrogens (primary N) is 1. The average Bonchev–Trinajstić information content (AvgIpc) is 2.81. The summed E-state index contributed by atoms with van der Waals surface area (Å²) in [5, 5.41) is 4.09. The van der Waals surface area contributed by atoms with Gasteiger partial charge in [0.05, 0.1) is 6.04 Å². The van der Waals surface area contributed by atoms with Crippen LogP contribution in [0.1, 0.15) is 62.2 Å². The lowest BCUT2D eigenvalue weighted by Crippen LogP contribution is -2.14. The average molecular weight is 233 g/mol. The second-order valence-electron chi connectivity index (χ2n) is 6.14. The summed E-state index contributed by atoms with van der Waals surface area (Å²) in [6.07, 6.45) is 7.83. The molecule has 0 radical (unpaired) electrons. The first kappa shape index (κ1) is 10.1. The standard InChI is InChI=1S/C13H19N3O/c14-11(8-3-4-8)12-15-13(17-16-12)10-6-7-1-2-9(10)5-7/h7-11H,1-6,14H2. The highest BCUT2D eigenvalue weighted by Crippen LogP contribution is 2.52. The van der Waals surface area contributed by atoms with Crippen molar-refractivity contribution < 1.29 is 4.52 Å². The van der Waals surface area contributed by atoms with E-state index in [-0.39, 0.29) is 6.04 Å². The van der Waals surface area contributed by atoms with Gasteiger partial charge in [-0.25, -0.2) is 0 Å². The van der Waals surface area contributed by atoms with Gasteiger partial charge in [0.2, 0.25) is 5.89 Å². The summed E-state index contributed by atoms with van der Waals surface area (Å²) in [6.45, 7) is 0. The lowest BCUT2D eigenvalue weighted by Gasteiger charge is -2.17. The minimum Gasteiger partial charge on any atom is -0.339 e. The molecule has 3 fully saturated rings. The third-order valence-electron chi connectivity index (χ3n) is 4.94. The van der Waals surface area contributed by atoms with Crippen LogP contribution >= 0.6 is 0 Å². The molecular formula is C13H19N3O. The monoisotopic (exact) mass is 233 g/mol. The number of rotatable bonds is 3. The highest BCUT2D eigenvalue weighted by Gasteiger charge is 2.43. The van der Waals surface area contributed by atoms with Crippen molar-refractivity contribution in [2.75, 3.05) is 0 Å². The first-order chi connectivity index (χ1) is 8.31.